The van der Waals surface area contributed by atoms with E-state index in [0.717, 1.165) is 44.9 Å². The molecular formula is C15H23F2N3O2S. The zero-order chi connectivity index (χ0) is 17.0. The summed E-state index contributed by atoms with van der Waals surface area (Å²) in [7, 11) is -4.06. The lowest BCUT2D eigenvalue weighted by Crippen LogP contribution is -2.52. The molecule has 1 aromatic rings. The number of benzene rings is 1. The molecule has 0 aromatic heterocycles. The third kappa shape index (κ3) is 4.47. The number of sulfonamides is 1. The number of hydrogen-bond donors (Lipinski definition) is 1. The van der Waals surface area contributed by atoms with Gasteiger partial charge in [-0.3, -0.25) is 4.90 Å². The number of piperazine rings is 1. The van der Waals surface area contributed by atoms with Gasteiger partial charge >= 0.3 is 0 Å². The van der Waals surface area contributed by atoms with Crippen molar-refractivity contribution in [2.75, 3.05) is 39.3 Å². The summed E-state index contributed by atoms with van der Waals surface area (Å²) < 4.78 is 53.5. The number of hydrogen-bond acceptors (Lipinski definition) is 4. The fraction of sp³-hybridized carbons (Fsp3) is 0.600. The highest BCUT2D eigenvalue weighted by molar-refractivity contribution is 7.89. The van der Waals surface area contributed by atoms with Crippen LogP contribution < -0.4 is 4.72 Å². The van der Waals surface area contributed by atoms with Crippen molar-refractivity contribution < 1.29 is 17.2 Å². The predicted octanol–water partition coefficient (Wildman–Crippen LogP) is 1.27. The fourth-order valence-corrected chi connectivity index (χ4v) is 3.86. The van der Waals surface area contributed by atoms with Gasteiger partial charge in [-0.1, -0.05) is 13.0 Å². The van der Waals surface area contributed by atoms with E-state index in [-0.39, 0.29) is 12.6 Å². The molecule has 1 aliphatic rings. The highest BCUT2D eigenvalue weighted by Crippen LogP contribution is 2.17. The summed E-state index contributed by atoms with van der Waals surface area (Å²) in [6, 6.07) is 3.12. The number of halogens is 2. The van der Waals surface area contributed by atoms with Crippen molar-refractivity contribution in [3.8, 4) is 0 Å². The quantitative estimate of drug-likeness (QED) is 0.842. The summed E-state index contributed by atoms with van der Waals surface area (Å²) in [6.45, 7) is 8.83. The summed E-state index contributed by atoms with van der Waals surface area (Å²) in [4.78, 5) is 3.87. The highest BCUT2D eigenvalue weighted by Gasteiger charge is 2.24. The minimum Gasteiger partial charge on any atom is -0.301 e. The average molecular weight is 347 g/mol. The van der Waals surface area contributed by atoms with Crippen LogP contribution in [0.1, 0.15) is 13.8 Å². The number of rotatable bonds is 6. The van der Waals surface area contributed by atoms with Gasteiger partial charge in [0.1, 0.15) is 4.90 Å². The minimum absolute atomic E-state index is 0.0135. The van der Waals surface area contributed by atoms with Crippen LogP contribution in [0, 0.1) is 11.6 Å². The van der Waals surface area contributed by atoms with Gasteiger partial charge in [-0.05, 0) is 25.6 Å². The van der Waals surface area contributed by atoms with Gasteiger partial charge < -0.3 is 4.90 Å². The Morgan fingerprint density at radius 1 is 1.22 bits per heavy atom. The van der Waals surface area contributed by atoms with Gasteiger partial charge in [-0.15, -0.1) is 0 Å². The summed E-state index contributed by atoms with van der Waals surface area (Å²) in [5, 5.41) is 0. The van der Waals surface area contributed by atoms with Crippen LogP contribution in [-0.2, 0) is 10.0 Å². The molecule has 0 amide bonds. The number of nitrogens with one attached hydrogen (secondary N) is 1. The van der Waals surface area contributed by atoms with E-state index in [9.17, 15) is 17.2 Å². The van der Waals surface area contributed by atoms with Crippen molar-refractivity contribution >= 4 is 10.0 Å². The first-order valence-corrected chi connectivity index (χ1v) is 9.23. The Kier molecular flexibility index (Phi) is 6.07. The molecule has 0 spiro atoms. The van der Waals surface area contributed by atoms with Crippen molar-refractivity contribution in [2.45, 2.75) is 24.8 Å². The maximum absolute atomic E-state index is 13.6. The summed E-state index contributed by atoms with van der Waals surface area (Å²) >= 11 is 0. The van der Waals surface area contributed by atoms with E-state index in [1.54, 1.807) is 0 Å². The third-order valence-electron chi connectivity index (χ3n) is 4.25. The highest BCUT2D eigenvalue weighted by atomic mass is 32.2. The van der Waals surface area contributed by atoms with Crippen LogP contribution in [-0.4, -0.2) is 63.5 Å². The van der Waals surface area contributed by atoms with E-state index >= 15 is 0 Å². The topological polar surface area (TPSA) is 52.6 Å². The Morgan fingerprint density at radius 3 is 2.48 bits per heavy atom. The summed E-state index contributed by atoms with van der Waals surface area (Å²) in [6.07, 6.45) is 0. The molecule has 1 N–H and O–H groups in total. The smallest absolute Gasteiger partial charge is 0.243 e. The summed E-state index contributed by atoms with van der Waals surface area (Å²) in [5.41, 5.74) is 0. The fourth-order valence-electron chi connectivity index (χ4n) is 2.65. The van der Waals surface area contributed by atoms with E-state index < -0.39 is 26.6 Å². The van der Waals surface area contributed by atoms with Crippen molar-refractivity contribution in [1.29, 1.82) is 0 Å². The molecule has 1 aromatic carbocycles. The first kappa shape index (κ1) is 18.3. The molecule has 0 aliphatic carbocycles. The first-order valence-electron chi connectivity index (χ1n) is 7.75. The minimum atomic E-state index is -4.06. The van der Waals surface area contributed by atoms with Crippen molar-refractivity contribution in [3.63, 3.8) is 0 Å². The molecule has 1 fully saturated rings. The van der Waals surface area contributed by atoms with E-state index in [2.05, 4.69) is 21.4 Å². The molecule has 23 heavy (non-hydrogen) atoms. The maximum atomic E-state index is 13.6. The molecule has 1 aliphatic heterocycles. The van der Waals surface area contributed by atoms with E-state index in [4.69, 9.17) is 0 Å². The Bertz CT molecular complexity index is 632. The van der Waals surface area contributed by atoms with Crippen LogP contribution in [0.3, 0.4) is 0 Å². The zero-order valence-electron chi connectivity index (χ0n) is 13.4. The SMILES string of the molecule is CCN1CCN([C@@H](C)CNS(=O)(=O)c2cccc(F)c2F)CC1. The van der Waals surface area contributed by atoms with Crippen LogP contribution >= 0.6 is 0 Å². The van der Waals surface area contributed by atoms with Crippen molar-refractivity contribution in [3.05, 3.63) is 29.8 Å². The van der Waals surface area contributed by atoms with Gasteiger partial charge in [0.15, 0.2) is 11.6 Å². The molecule has 0 radical (unpaired) electrons. The molecular weight excluding hydrogens is 324 g/mol. The first-order chi connectivity index (χ1) is 10.8. The monoisotopic (exact) mass is 347 g/mol. The standard InChI is InChI=1S/C15H23F2N3O2S/c1-3-19-7-9-20(10-8-19)12(2)11-18-23(21,22)14-6-4-5-13(16)15(14)17/h4-6,12,18H,3,7-11H2,1-2H3/t12-/m0/s1. The molecule has 2 rings (SSSR count). The second-order valence-corrected chi connectivity index (χ2v) is 7.46. The van der Waals surface area contributed by atoms with Gasteiger partial charge in [-0.25, -0.2) is 21.9 Å². The lowest BCUT2D eigenvalue weighted by atomic mass is 10.2. The average Bonchev–Trinajstić information content (AvgIpc) is 2.55. The molecule has 130 valence electrons. The Labute approximate surface area is 136 Å². The van der Waals surface area contributed by atoms with Crippen LogP contribution in [0.15, 0.2) is 23.1 Å². The molecule has 1 heterocycles. The molecule has 5 nitrogen and oxygen atoms in total. The van der Waals surface area contributed by atoms with E-state index in [0.29, 0.717) is 0 Å². The predicted molar refractivity (Wildman–Crippen MR) is 84.7 cm³/mol. The van der Waals surface area contributed by atoms with E-state index in [1.807, 2.05) is 6.92 Å². The summed E-state index contributed by atoms with van der Waals surface area (Å²) in [5.74, 6) is -2.51. The van der Waals surface area contributed by atoms with Gasteiger partial charge in [0.05, 0.1) is 0 Å². The lowest BCUT2D eigenvalue weighted by molar-refractivity contribution is 0.107. The lowest BCUT2D eigenvalue weighted by Gasteiger charge is -2.37. The van der Waals surface area contributed by atoms with Crippen LogP contribution in [0.2, 0.25) is 0 Å². The van der Waals surface area contributed by atoms with Crippen LogP contribution in [0.4, 0.5) is 8.78 Å². The third-order valence-corrected chi connectivity index (χ3v) is 5.69. The van der Waals surface area contributed by atoms with Gasteiger partial charge in [0, 0.05) is 38.8 Å². The van der Waals surface area contributed by atoms with E-state index in [1.165, 1.54) is 6.07 Å². The zero-order valence-corrected chi connectivity index (χ0v) is 14.2. The molecule has 0 bridgehead atoms. The van der Waals surface area contributed by atoms with Crippen molar-refractivity contribution in [2.24, 2.45) is 0 Å². The Balaban J connectivity index is 1.95. The van der Waals surface area contributed by atoms with Crippen LogP contribution in [0.25, 0.3) is 0 Å². The van der Waals surface area contributed by atoms with Gasteiger partial charge in [-0.2, -0.15) is 0 Å². The Morgan fingerprint density at radius 2 is 1.87 bits per heavy atom. The maximum Gasteiger partial charge on any atom is 0.243 e. The number of nitrogens with zero attached hydrogens (tertiary/aromatic N) is 2. The Hall–Kier alpha value is -1.09. The van der Waals surface area contributed by atoms with Gasteiger partial charge in [0.2, 0.25) is 10.0 Å². The largest absolute Gasteiger partial charge is 0.301 e. The molecule has 0 saturated carbocycles. The molecule has 1 atom stereocenters. The van der Waals surface area contributed by atoms with Crippen LogP contribution in [0.5, 0.6) is 0 Å². The van der Waals surface area contributed by atoms with Gasteiger partial charge in [0.25, 0.3) is 0 Å². The molecule has 8 heteroatoms. The second-order valence-electron chi connectivity index (χ2n) is 5.72. The molecule has 0 unspecified atom stereocenters. The normalized spacial score (nSPS) is 19.0. The van der Waals surface area contributed by atoms with Crippen molar-refractivity contribution in [1.82, 2.24) is 14.5 Å². The molecule has 1 saturated heterocycles. The number of likely N-dealkylation sites (N-methyl/N-ethyl adjacent to an activating group) is 1. The second kappa shape index (κ2) is 7.65.